The lowest BCUT2D eigenvalue weighted by Gasteiger charge is -2.36. The summed E-state index contributed by atoms with van der Waals surface area (Å²) >= 11 is 3.87. The van der Waals surface area contributed by atoms with Gasteiger partial charge < -0.3 is 9.80 Å². The minimum Gasteiger partial charge on any atom is -0.357 e. The molecule has 0 N–H and O–H groups in total. The third-order valence-corrected chi connectivity index (χ3v) is 5.18. The Morgan fingerprint density at radius 2 is 1.21 bits per heavy atom. The molecule has 0 unspecified atom stereocenters. The van der Waals surface area contributed by atoms with E-state index in [9.17, 15) is 0 Å². The van der Waals surface area contributed by atoms with Crippen molar-refractivity contribution in [1.82, 2.24) is 9.80 Å². The molecule has 0 rings (SSSR count). The molecule has 4 heteroatoms. The van der Waals surface area contributed by atoms with Crippen LogP contribution in [0.25, 0.3) is 0 Å². The topological polar surface area (TPSA) is 6.48 Å². The molecule has 0 amide bonds. The minimum absolute atomic E-state index is 0.254. The summed E-state index contributed by atoms with van der Waals surface area (Å²) in [6.45, 7) is 20.1. The van der Waals surface area contributed by atoms with Crippen LogP contribution in [0.1, 0.15) is 48.5 Å². The van der Waals surface area contributed by atoms with E-state index in [0.717, 1.165) is 26.2 Å². The number of nitrogens with zero attached hydrogens (tertiary/aromatic N) is 2. The van der Waals surface area contributed by atoms with Gasteiger partial charge in [-0.25, -0.2) is 0 Å². The molecule has 0 fully saturated rings. The van der Waals surface area contributed by atoms with Gasteiger partial charge in [0.1, 0.15) is 5.82 Å². The number of rotatable bonds is 8. The van der Waals surface area contributed by atoms with Crippen LogP contribution in [0, 0.1) is 0 Å². The molecule has 0 heterocycles. The Kier molecular flexibility index (Phi) is 9.08. The number of hydrogen-bond donors (Lipinski definition) is 0. The molecular formula is C15H32N2S2. The first-order valence-electron chi connectivity index (χ1n) is 7.31. The van der Waals surface area contributed by atoms with Crippen LogP contribution in [0.3, 0.4) is 0 Å². The Balaban J connectivity index is 5.58. The highest BCUT2D eigenvalue weighted by atomic mass is 32.2. The highest BCUT2D eigenvalue weighted by Crippen LogP contribution is 2.40. The summed E-state index contributed by atoms with van der Waals surface area (Å²) in [6, 6.07) is 0. The maximum absolute atomic E-state index is 2.48. The molecule has 0 aromatic rings. The van der Waals surface area contributed by atoms with Crippen molar-refractivity contribution in [1.29, 1.82) is 0 Å². The summed E-state index contributed by atoms with van der Waals surface area (Å²) in [5, 5.41) is 0. The SMILES string of the molecule is CCN(CC)C(=C(SC)SC(C)(C)C)N(CC)CC. The van der Waals surface area contributed by atoms with Crippen LogP contribution in [0.5, 0.6) is 0 Å². The van der Waals surface area contributed by atoms with Gasteiger partial charge in [-0.1, -0.05) is 20.8 Å². The number of thioether (sulfide) groups is 2. The number of hydrogen-bond acceptors (Lipinski definition) is 4. The second-order valence-corrected chi connectivity index (χ2v) is 8.29. The Hall–Kier alpha value is 0.0400. The van der Waals surface area contributed by atoms with E-state index in [1.807, 2.05) is 23.5 Å². The summed E-state index contributed by atoms with van der Waals surface area (Å²) in [5.74, 6) is 1.42. The van der Waals surface area contributed by atoms with E-state index in [2.05, 4.69) is 64.5 Å². The van der Waals surface area contributed by atoms with Gasteiger partial charge in [-0.05, 0) is 34.0 Å². The Morgan fingerprint density at radius 1 is 0.842 bits per heavy atom. The maximum Gasteiger partial charge on any atom is 0.124 e. The molecule has 2 nitrogen and oxygen atoms in total. The van der Waals surface area contributed by atoms with Gasteiger partial charge in [0.05, 0.1) is 4.24 Å². The highest BCUT2D eigenvalue weighted by molar-refractivity contribution is 8.22. The predicted molar refractivity (Wildman–Crippen MR) is 93.7 cm³/mol. The van der Waals surface area contributed by atoms with E-state index in [1.54, 1.807) is 0 Å². The van der Waals surface area contributed by atoms with Crippen LogP contribution in [0.4, 0.5) is 0 Å². The van der Waals surface area contributed by atoms with Gasteiger partial charge in [-0.2, -0.15) is 0 Å². The van der Waals surface area contributed by atoms with Gasteiger partial charge >= 0.3 is 0 Å². The van der Waals surface area contributed by atoms with Gasteiger partial charge in [0.15, 0.2) is 0 Å². The molecule has 0 radical (unpaired) electrons. The average Bonchev–Trinajstić information content (AvgIpc) is 2.35. The first-order valence-corrected chi connectivity index (χ1v) is 9.35. The molecule has 114 valence electrons. The molecule has 0 aliphatic rings. The third kappa shape index (κ3) is 6.35. The molecule has 0 aromatic carbocycles. The Bertz CT molecular complexity index is 260. The van der Waals surface area contributed by atoms with Crippen molar-refractivity contribution in [3.8, 4) is 0 Å². The lowest BCUT2D eigenvalue weighted by Crippen LogP contribution is -2.36. The van der Waals surface area contributed by atoms with Gasteiger partial charge in [0.2, 0.25) is 0 Å². The molecule has 0 aliphatic carbocycles. The van der Waals surface area contributed by atoms with Crippen LogP contribution < -0.4 is 0 Å². The molecule has 19 heavy (non-hydrogen) atoms. The van der Waals surface area contributed by atoms with Gasteiger partial charge in [-0.15, -0.1) is 23.5 Å². The van der Waals surface area contributed by atoms with Crippen molar-refractivity contribution in [3.05, 3.63) is 10.1 Å². The molecule has 0 saturated heterocycles. The molecule has 0 spiro atoms. The maximum atomic E-state index is 2.48. The van der Waals surface area contributed by atoms with Gasteiger partial charge in [0.25, 0.3) is 0 Å². The average molecular weight is 305 g/mol. The van der Waals surface area contributed by atoms with E-state index in [0.29, 0.717) is 0 Å². The summed E-state index contributed by atoms with van der Waals surface area (Å²) in [4.78, 5) is 4.97. The smallest absolute Gasteiger partial charge is 0.124 e. The minimum atomic E-state index is 0.254. The van der Waals surface area contributed by atoms with Crippen molar-refractivity contribution in [2.45, 2.75) is 53.2 Å². The first kappa shape index (κ1) is 19.0. The fourth-order valence-electron chi connectivity index (χ4n) is 1.96. The summed E-state index contributed by atoms with van der Waals surface area (Å²) in [6.07, 6.45) is 2.20. The molecule has 0 aromatic heterocycles. The van der Waals surface area contributed by atoms with Gasteiger partial charge in [-0.3, -0.25) is 0 Å². The quantitative estimate of drug-likeness (QED) is 0.641. The zero-order valence-electron chi connectivity index (χ0n) is 14.0. The van der Waals surface area contributed by atoms with Crippen LogP contribution in [-0.2, 0) is 0 Å². The zero-order valence-corrected chi connectivity index (χ0v) is 15.7. The van der Waals surface area contributed by atoms with Crippen molar-refractivity contribution in [2.24, 2.45) is 0 Å². The van der Waals surface area contributed by atoms with Crippen LogP contribution in [0.2, 0.25) is 0 Å². The fraction of sp³-hybridized carbons (Fsp3) is 0.867. The van der Waals surface area contributed by atoms with E-state index < -0.39 is 0 Å². The largest absolute Gasteiger partial charge is 0.357 e. The normalized spacial score (nSPS) is 11.4. The van der Waals surface area contributed by atoms with E-state index in [1.165, 1.54) is 10.1 Å². The van der Waals surface area contributed by atoms with E-state index in [-0.39, 0.29) is 4.75 Å². The van der Waals surface area contributed by atoms with Crippen molar-refractivity contribution < 1.29 is 0 Å². The molecular weight excluding hydrogens is 272 g/mol. The summed E-state index contributed by atoms with van der Waals surface area (Å²) in [5.41, 5.74) is 0. The van der Waals surface area contributed by atoms with Crippen LogP contribution >= 0.6 is 23.5 Å². The van der Waals surface area contributed by atoms with Crippen LogP contribution in [0.15, 0.2) is 10.1 Å². The Morgan fingerprint density at radius 3 is 1.42 bits per heavy atom. The van der Waals surface area contributed by atoms with Crippen molar-refractivity contribution >= 4 is 23.5 Å². The highest BCUT2D eigenvalue weighted by Gasteiger charge is 2.22. The summed E-state index contributed by atoms with van der Waals surface area (Å²) < 4.78 is 1.70. The van der Waals surface area contributed by atoms with Crippen molar-refractivity contribution in [3.63, 3.8) is 0 Å². The van der Waals surface area contributed by atoms with Gasteiger partial charge in [0, 0.05) is 30.9 Å². The third-order valence-electron chi connectivity index (χ3n) is 2.89. The standard InChI is InChI=1S/C15H32N2S2/c1-9-16(10-2)13(17(11-3)12-4)14(18-8)19-15(5,6)7/h9-12H2,1-8H3. The first-order chi connectivity index (χ1) is 8.84. The molecule has 0 bridgehead atoms. The molecule has 0 saturated carbocycles. The fourth-order valence-corrected chi connectivity index (χ4v) is 4.39. The lowest BCUT2D eigenvalue weighted by atomic mass is 10.3. The second-order valence-electron chi connectivity index (χ2n) is 5.37. The summed E-state index contributed by atoms with van der Waals surface area (Å²) in [7, 11) is 0. The van der Waals surface area contributed by atoms with Crippen molar-refractivity contribution in [2.75, 3.05) is 32.4 Å². The molecule has 0 atom stereocenters. The monoisotopic (exact) mass is 304 g/mol. The lowest BCUT2D eigenvalue weighted by molar-refractivity contribution is 0.235. The second kappa shape index (κ2) is 9.06. The van der Waals surface area contributed by atoms with E-state index in [4.69, 9.17) is 0 Å². The zero-order chi connectivity index (χ0) is 15.1. The Labute approximate surface area is 129 Å². The predicted octanol–water partition coefficient (Wildman–Crippen LogP) is 4.69. The van der Waals surface area contributed by atoms with Crippen LogP contribution in [-0.4, -0.2) is 47.0 Å². The molecule has 0 aliphatic heterocycles. The van der Waals surface area contributed by atoms with E-state index >= 15 is 0 Å².